The summed E-state index contributed by atoms with van der Waals surface area (Å²) in [6, 6.07) is 8.86. The van der Waals surface area contributed by atoms with Crippen LogP contribution in [-0.2, 0) is 9.47 Å². The van der Waals surface area contributed by atoms with Gasteiger partial charge in [-0.25, -0.2) is 9.37 Å². The lowest BCUT2D eigenvalue weighted by molar-refractivity contribution is -0.181. The Morgan fingerprint density at radius 1 is 1.43 bits per heavy atom. The Labute approximate surface area is 162 Å². The fourth-order valence-electron chi connectivity index (χ4n) is 3.69. The highest BCUT2D eigenvalue weighted by molar-refractivity contribution is 5.90. The molecule has 1 aliphatic heterocycles. The summed E-state index contributed by atoms with van der Waals surface area (Å²) in [5.41, 5.74) is 2.35. The second-order valence-corrected chi connectivity index (χ2v) is 6.69. The number of rotatable bonds is 5. The van der Waals surface area contributed by atoms with Crippen LogP contribution < -0.4 is 0 Å². The number of halogens is 1. The molecule has 1 aromatic carbocycles. The molecule has 6 heteroatoms. The molecule has 1 fully saturated rings. The summed E-state index contributed by atoms with van der Waals surface area (Å²) >= 11 is 0. The van der Waals surface area contributed by atoms with Gasteiger partial charge in [-0.05, 0) is 43.0 Å². The molecule has 1 N–H and O–H groups in total. The van der Waals surface area contributed by atoms with Crippen LogP contribution in [0.1, 0.15) is 47.8 Å². The van der Waals surface area contributed by atoms with Gasteiger partial charge in [-0.15, -0.1) is 0 Å². The normalized spacial score (nSPS) is 17.9. The van der Waals surface area contributed by atoms with E-state index in [1.54, 1.807) is 24.4 Å². The number of H-pyrrole nitrogens is 1. The molecule has 1 saturated heterocycles. The summed E-state index contributed by atoms with van der Waals surface area (Å²) in [5.74, 6) is -0.432. The number of hydrogen-bond acceptors (Lipinski definition) is 4. The monoisotopic (exact) mass is 377 g/mol. The van der Waals surface area contributed by atoms with Crippen molar-refractivity contribution in [1.29, 1.82) is 5.26 Å². The van der Waals surface area contributed by atoms with Gasteiger partial charge in [-0.3, -0.25) is 0 Å². The van der Waals surface area contributed by atoms with Crippen molar-refractivity contribution in [1.82, 2.24) is 9.97 Å². The Bertz CT molecular complexity index is 1050. The molecule has 142 valence electrons. The van der Waals surface area contributed by atoms with Crippen LogP contribution in [0.5, 0.6) is 0 Å². The number of ether oxygens (including phenoxy) is 2. The van der Waals surface area contributed by atoms with Crippen LogP contribution >= 0.6 is 0 Å². The lowest BCUT2D eigenvalue weighted by Gasteiger charge is -2.29. The summed E-state index contributed by atoms with van der Waals surface area (Å²) in [4.78, 5) is 7.16. The van der Waals surface area contributed by atoms with Crippen LogP contribution in [-0.4, -0.2) is 22.9 Å². The molecule has 0 amide bonds. The fourth-order valence-corrected chi connectivity index (χ4v) is 3.69. The first kappa shape index (κ1) is 18.4. The molecule has 3 aromatic rings. The highest BCUT2D eigenvalue weighted by atomic mass is 19.1. The van der Waals surface area contributed by atoms with Crippen molar-refractivity contribution >= 4 is 17.0 Å². The van der Waals surface area contributed by atoms with E-state index in [1.807, 2.05) is 6.07 Å². The second kappa shape index (κ2) is 7.93. The molecule has 2 atom stereocenters. The first-order valence-corrected chi connectivity index (χ1v) is 9.27. The molecule has 0 bridgehead atoms. The van der Waals surface area contributed by atoms with Crippen molar-refractivity contribution in [2.24, 2.45) is 0 Å². The first-order chi connectivity index (χ1) is 13.7. The van der Waals surface area contributed by atoms with E-state index in [9.17, 15) is 5.26 Å². The van der Waals surface area contributed by atoms with E-state index < -0.39 is 18.2 Å². The molecule has 0 saturated carbocycles. The zero-order valence-corrected chi connectivity index (χ0v) is 15.3. The van der Waals surface area contributed by atoms with Gasteiger partial charge in [0.15, 0.2) is 6.29 Å². The van der Waals surface area contributed by atoms with E-state index in [1.165, 1.54) is 12.3 Å². The molecule has 4 rings (SSSR count). The smallest absolute Gasteiger partial charge is 0.158 e. The van der Waals surface area contributed by atoms with Crippen LogP contribution in [0.25, 0.3) is 17.0 Å². The van der Waals surface area contributed by atoms with E-state index in [0.29, 0.717) is 28.8 Å². The number of nitrogens with one attached hydrogen (secondary N) is 1. The Morgan fingerprint density at radius 2 is 2.32 bits per heavy atom. The predicted octanol–water partition coefficient (Wildman–Crippen LogP) is 4.85. The van der Waals surface area contributed by atoms with Gasteiger partial charge in [0.25, 0.3) is 0 Å². The Kier molecular flexibility index (Phi) is 5.20. The lowest BCUT2D eigenvalue weighted by Crippen LogP contribution is -2.26. The molecule has 0 spiro atoms. The van der Waals surface area contributed by atoms with Crippen molar-refractivity contribution in [3.63, 3.8) is 0 Å². The highest BCUT2D eigenvalue weighted by Gasteiger charge is 2.30. The standard InChI is InChI=1S/C22H20FN3O2/c1-2-14-15-8-10-26-18(15)12-17(23)21(14)22(28-20-7-3-4-11-27-20)16-6-5-9-25-19(16)13-24/h2,5-6,8-10,12,20,22,26H,1,3-4,7,11H2. The van der Waals surface area contributed by atoms with Gasteiger partial charge in [0.2, 0.25) is 0 Å². The summed E-state index contributed by atoms with van der Waals surface area (Å²) in [7, 11) is 0. The number of aromatic nitrogens is 2. The van der Waals surface area contributed by atoms with Crippen LogP contribution in [0.4, 0.5) is 4.39 Å². The number of pyridine rings is 1. The fraction of sp³-hybridized carbons (Fsp3) is 0.273. The van der Waals surface area contributed by atoms with E-state index in [-0.39, 0.29) is 5.69 Å². The number of hydrogen-bond donors (Lipinski definition) is 1. The maximum Gasteiger partial charge on any atom is 0.158 e. The summed E-state index contributed by atoms with van der Waals surface area (Å²) in [6.45, 7) is 4.48. The van der Waals surface area contributed by atoms with Crippen LogP contribution in [0, 0.1) is 17.1 Å². The van der Waals surface area contributed by atoms with Gasteiger partial charge in [0.05, 0.1) is 0 Å². The molecule has 5 nitrogen and oxygen atoms in total. The van der Waals surface area contributed by atoms with Gasteiger partial charge >= 0.3 is 0 Å². The highest BCUT2D eigenvalue weighted by Crippen LogP contribution is 2.38. The maximum atomic E-state index is 15.3. The first-order valence-electron chi connectivity index (χ1n) is 9.27. The number of aromatic amines is 1. The quantitative estimate of drug-likeness (QED) is 0.690. The minimum Gasteiger partial charge on any atom is -0.361 e. The molecule has 1 aliphatic rings. The predicted molar refractivity (Wildman–Crippen MR) is 104 cm³/mol. The number of fused-ring (bicyclic) bond motifs is 1. The summed E-state index contributed by atoms with van der Waals surface area (Å²) < 4.78 is 27.3. The molecular weight excluding hydrogens is 357 g/mol. The average Bonchev–Trinajstić information content (AvgIpc) is 3.20. The third-order valence-electron chi connectivity index (χ3n) is 5.01. The van der Waals surface area contributed by atoms with E-state index in [2.05, 4.69) is 22.6 Å². The topological polar surface area (TPSA) is 70.9 Å². The van der Waals surface area contributed by atoms with Crippen LogP contribution in [0.3, 0.4) is 0 Å². The zero-order chi connectivity index (χ0) is 19.5. The van der Waals surface area contributed by atoms with Gasteiger partial charge in [-0.1, -0.05) is 18.7 Å². The second-order valence-electron chi connectivity index (χ2n) is 6.69. The van der Waals surface area contributed by atoms with E-state index >= 15 is 4.39 Å². The molecular formula is C22H20FN3O2. The van der Waals surface area contributed by atoms with Crippen LogP contribution in [0.2, 0.25) is 0 Å². The molecule has 28 heavy (non-hydrogen) atoms. The number of nitrogens with zero attached hydrogens (tertiary/aromatic N) is 2. The Balaban J connectivity index is 1.90. The molecule has 2 aromatic heterocycles. The van der Waals surface area contributed by atoms with Crippen LogP contribution in [0.15, 0.2) is 43.2 Å². The van der Waals surface area contributed by atoms with Gasteiger partial charge in [-0.2, -0.15) is 5.26 Å². The number of nitriles is 1. The van der Waals surface area contributed by atoms with Crippen molar-refractivity contribution in [3.8, 4) is 6.07 Å². The third kappa shape index (κ3) is 3.31. The summed E-state index contributed by atoms with van der Waals surface area (Å²) in [6.07, 6.45) is 6.28. The maximum absolute atomic E-state index is 15.3. The van der Waals surface area contributed by atoms with Crippen molar-refractivity contribution < 1.29 is 13.9 Å². The minimum atomic E-state index is -0.834. The third-order valence-corrected chi connectivity index (χ3v) is 5.01. The van der Waals surface area contributed by atoms with E-state index in [0.717, 1.165) is 24.6 Å². The zero-order valence-electron chi connectivity index (χ0n) is 15.3. The largest absolute Gasteiger partial charge is 0.361 e. The SMILES string of the molecule is C=Cc1c(C(OC2CCCCO2)c2cccnc2C#N)c(F)cc2[nH]ccc12. The number of benzene rings is 1. The van der Waals surface area contributed by atoms with Crippen molar-refractivity contribution in [2.75, 3.05) is 6.61 Å². The Hall–Kier alpha value is -3.01. The molecule has 0 radical (unpaired) electrons. The summed E-state index contributed by atoms with van der Waals surface area (Å²) in [5, 5.41) is 10.4. The van der Waals surface area contributed by atoms with Gasteiger partial charge < -0.3 is 14.5 Å². The van der Waals surface area contributed by atoms with Crippen molar-refractivity contribution in [2.45, 2.75) is 31.7 Å². The molecule has 2 unspecified atom stereocenters. The lowest BCUT2D eigenvalue weighted by atomic mass is 9.92. The molecule has 3 heterocycles. The van der Waals surface area contributed by atoms with Gasteiger partial charge in [0, 0.05) is 41.0 Å². The van der Waals surface area contributed by atoms with Crippen molar-refractivity contribution in [3.05, 3.63) is 71.4 Å². The van der Waals surface area contributed by atoms with E-state index in [4.69, 9.17) is 9.47 Å². The van der Waals surface area contributed by atoms with Gasteiger partial charge in [0.1, 0.15) is 23.7 Å². The minimum absolute atomic E-state index is 0.201. The molecule has 0 aliphatic carbocycles. The average molecular weight is 377 g/mol. The Morgan fingerprint density at radius 3 is 3.07 bits per heavy atom.